The molecule has 0 bridgehead atoms. The van der Waals surface area contributed by atoms with Crippen molar-refractivity contribution in [1.82, 2.24) is 0 Å². The molecule has 0 aromatic heterocycles. The lowest BCUT2D eigenvalue weighted by Gasteiger charge is -2.26. The summed E-state index contributed by atoms with van der Waals surface area (Å²) in [5.74, 6) is 5.14. The lowest BCUT2D eigenvalue weighted by molar-refractivity contribution is -0.121. The van der Waals surface area contributed by atoms with Crippen LogP contribution in [0, 0.1) is 11.8 Å². The van der Waals surface area contributed by atoms with Crippen molar-refractivity contribution < 1.29 is 52.8 Å². The Hall–Kier alpha value is -6.95. The van der Waals surface area contributed by atoms with Gasteiger partial charge >= 0.3 is 5.97 Å². The zero-order valence-electron chi connectivity index (χ0n) is 35.8. The Morgan fingerprint density at radius 1 is 0.646 bits per heavy atom. The van der Waals surface area contributed by atoms with Gasteiger partial charge in [0.2, 0.25) is 5.91 Å². The monoisotopic (exact) mass is 879 g/mol. The Bertz CT molecular complexity index is 2760. The Kier molecular flexibility index (Phi) is 16.0. The van der Waals surface area contributed by atoms with E-state index in [2.05, 4.69) is 11.8 Å². The summed E-state index contributed by atoms with van der Waals surface area (Å²) in [4.78, 5) is 65.3. The van der Waals surface area contributed by atoms with Crippen LogP contribution in [0.1, 0.15) is 75.9 Å². The smallest absolute Gasteiger partial charge is 0.336 e. The second-order valence-electron chi connectivity index (χ2n) is 15.4. The number of ether oxygens (including phenoxy) is 4. The maximum atomic E-state index is 13.4. The van der Waals surface area contributed by atoms with Crippen molar-refractivity contribution in [3.05, 3.63) is 141 Å². The minimum absolute atomic E-state index is 0.0421. The van der Waals surface area contributed by atoms with E-state index >= 15 is 0 Å². The highest BCUT2D eigenvalue weighted by atomic mass is 16.6. The molecule has 13 nitrogen and oxygen atoms in total. The number of amides is 1. The SMILES string of the molecule is O=C(CCCC(=O)N1Cc2ccccc2C#Cc2ccccc21)CCOCCOCCOCCOCCCC(=O)c1ccc(-c2c3ccc(=O)cc-3oc3cc(O)ccc23)c(C(=O)O)c1. The van der Waals surface area contributed by atoms with Crippen molar-refractivity contribution in [2.75, 3.05) is 57.8 Å². The van der Waals surface area contributed by atoms with Crippen molar-refractivity contribution in [3.8, 4) is 40.0 Å². The molecule has 0 unspecified atom stereocenters. The molecule has 2 heterocycles. The Morgan fingerprint density at radius 2 is 1.32 bits per heavy atom. The standard InChI is InChI=1S/C52H49NO12/c54-39(10-5-13-50(58)53-34-38-9-2-1-7-35(38)14-15-36-8-3-4-11-46(36)53)22-24-62-26-28-64-30-29-63-27-25-61-23-6-12-47(57)37-16-19-42(45(31-37)52(59)60)51-43-20-17-40(55)32-48(43)65-49-33-41(56)18-21-44(49)51/h1-4,7-9,11,16-21,31-33,55H,5-6,10,12-13,22-30,34H2,(H,59,60). The molecule has 7 rings (SSSR count). The third-order valence-electron chi connectivity index (χ3n) is 10.9. The van der Waals surface area contributed by atoms with Crippen LogP contribution in [0.2, 0.25) is 0 Å². The molecule has 2 aliphatic heterocycles. The number of Topliss-reactive ketones (excluding diaryl/α,β-unsaturated/α-hetero) is 2. The van der Waals surface area contributed by atoms with Gasteiger partial charge in [-0.25, -0.2) is 4.79 Å². The highest BCUT2D eigenvalue weighted by Crippen LogP contribution is 2.42. The number of carbonyl (C=O) groups excluding carboxylic acids is 3. The van der Waals surface area contributed by atoms with Gasteiger partial charge in [-0.15, -0.1) is 0 Å². The first kappa shape index (κ1) is 46.1. The van der Waals surface area contributed by atoms with Crippen LogP contribution in [-0.4, -0.2) is 86.5 Å². The van der Waals surface area contributed by atoms with Crippen molar-refractivity contribution >= 4 is 40.1 Å². The van der Waals surface area contributed by atoms with Gasteiger partial charge in [0.05, 0.1) is 64.0 Å². The summed E-state index contributed by atoms with van der Waals surface area (Å²) in [5, 5.41) is 20.8. The molecule has 334 valence electrons. The highest BCUT2D eigenvalue weighted by molar-refractivity contribution is 6.09. The molecule has 1 aliphatic carbocycles. The molecular weight excluding hydrogens is 831 g/mol. The van der Waals surface area contributed by atoms with Crippen LogP contribution in [-0.2, 0) is 35.1 Å². The molecule has 4 aromatic rings. The number of carboxylic acids is 1. The number of hydrogen-bond donors (Lipinski definition) is 2. The second-order valence-corrected chi connectivity index (χ2v) is 15.4. The van der Waals surface area contributed by atoms with Gasteiger partial charge in [0.1, 0.15) is 22.9 Å². The quantitative estimate of drug-likeness (QED) is 0.0274. The molecule has 0 fully saturated rings. The van der Waals surface area contributed by atoms with Gasteiger partial charge in [-0.1, -0.05) is 54.3 Å². The summed E-state index contributed by atoms with van der Waals surface area (Å²) in [6, 6.07) is 28.7. The Labute approximate surface area is 375 Å². The Balaban J connectivity index is 0.729. The van der Waals surface area contributed by atoms with E-state index in [9.17, 15) is 34.2 Å². The molecule has 3 aliphatic rings. The van der Waals surface area contributed by atoms with Gasteiger partial charge in [0, 0.05) is 77.6 Å². The van der Waals surface area contributed by atoms with Gasteiger partial charge in [0.25, 0.3) is 0 Å². The largest absolute Gasteiger partial charge is 0.508 e. The molecule has 65 heavy (non-hydrogen) atoms. The van der Waals surface area contributed by atoms with Crippen molar-refractivity contribution in [2.24, 2.45) is 0 Å². The molecule has 0 radical (unpaired) electrons. The first-order valence-electron chi connectivity index (χ1n) is 21.6. The maximum absolute atomic E-state index is 13.4. The lowest BCUT2D eigenvalue weighted by atomic mass is 9.89. The summed E-state index contributed by atoms with van der Waals surface area (Å²) in [6.07, 6.45) is 1.84. The second kappa shape index (κ2) is 22.6. The van der Waals surface area contributed by atoms with Gasteiger partial charge in [-0.3, -0.25) is 19.2 Å². The van der Waals surface area contributed by atoms with Gasteiger partial charge in [-0.2, -0.15) is 0 Å². The number of ketones is 2. The predicted octanol–water partition coefficient (Wildman–Crippen LogP) is 8.07. The number of anilines is 1. The van der Waals surface area contributed by atoms with Crippen LogP contribution < -0.4 is 10.3 Å². The first-order valence-corrected chi connectivity index (χ1v) is 21.6. The van der Waals surface area contributed by atoms with E-state index in [1.165, 1.54) is 30.3 Å². The van der Waals surface area contributed by atoms with Gasteiger partial charge < -0.3 is 38.5 Å². The molecular formula is C52H49NO12. The van der Waals surface area contributed by atoms with E-state index in [0.717, 1.165) is 22.4 Å². The highest BCUT2D eigenvalue weighted by Gasteiger charge is 2.24. The molecule has 2 N–H and O–H groups in total. The number of rotatable bonds is 23. The molecule has 0 spiro atoms. The summed E-state index contributed by atoms with van der Waals surface area (Å²) >= 11 is 0. The fraction of sp³-hybridized carbons (Fsp3) is 0.288. The zero-order valence-corrected chi connectivity index (χ0v) is 35.8. The number of carbonyl (C=O) groups is 4. The van der Waals surface area contributed by atoms with Crippen LogP contribution in [0.15, 0.2) is 112 Å². The van der Waals surface area contributed by atoms with E-state index in [1.807, 2.05) is 48.5 Å². The fourth-order valence-corrected chi connectivity index (χ4v) is 7.59. The number of aromatic carboxylic acids is 1. The van der Waals surface area contributed by atoms with E-state index in [4.69, 9.17) is 23.4 Å². The van der Waals surface area contributed by atoms with Crippen molar-refractivity contribution in [1.29, 1.82) is 0 Å². The average molecular weight is 880 g/mol. The van der Waals surface area contributed by atoms with E-state index < -0.39 is 5.97 Å². The number of carboxylic acid groups (broad SMARTS) is 1. The summed E-state index contributed by atoms with van der Waals surface area (Å²) < 4.78 is 28.2. The number of nitrogens with zero attached hydrogens (tertiary/aromatic N) is 1. The molecule has 0 atom stereocenters. The van der Waals surface area contributed by atoms with Crippen LogP contribution >= 0.6 is 0 Å². The maximum Gasteiger partial charge on any atom is 0.336 e. The van der Waals surface area contributed by atoms with E-state index in [1.54, 1.807) is 29.2 Å². The van der Waals surface area contributed by atoms with Crippen LogP contribution in [0.3, 0.4) is 0 Å². The summed E-state index contributed by atoms with van der Waals surface area (Å²) in [5.41, 5.74) is 4.96. The molecule has 13 heteroatoms. The number of para-hydroxylation sites is 1. The number of benzene rings is 5. The van der Waals surface area contributed by atoms with Gasteiger partial charge in [-0.05, 0) is 72.5 Å². The Morgan fingerprint density at radius 3 is 2.09 bits per heavy atom. The van der Waals surface area contributed by atoms with Crippen LogP contribution in [0.4, 0.5) is 5.69 Å². The minimum Gasteiger partial charge on any atom is -0.508 e. The first-order chi connectivity index (χ1) is 31.7. The van der Waals surface area contributed by atoms with Crippen LogP contribution in [0.25, 0.3) is 33.4 Å². The van der Waals surface area contributed by atoms with E-state index in [0.29, 0.717) is 94.1 Å². The lowest BCUT2D eigenvalue weighted by Crippen LogP contribution is -2.31. The minimum atomic E-state index is -1.23. The zero-order chi connectivity index (χ0) is 45.5. The molecule has 1 amide bonds. The fourth-order valence-electron chi connectivity index (χ4n) is 7.59. The third kappa shape index (κ3) is 12.2. The molecule has 4 aromatic carbocycles. The molecule has 0 saturated carbocycles. The summed E-state index contributed by atoms with van der Waals surface area (Å²) in [6.45, 7) is 3.08. The predicted molar refractivity (Wildman–Crippen MR) is 244 cm³/mol. The van der Waals surface area contributed by atoms with Crippen molar-refractivity contribution in [2.45, 2.75) is 45.1 Å². The summed E-state index contributed by atoms with van der Waals surface area (Å²) in [7, 11) is 0. The average Bonchev–Trinajstić information content (AvgIpc) is 3.29. The third-order valence-corrected chi connectivity index (χ3v) is 10.9. The number of phenols is 1. The van der Waals surface area contributed by atoms with Crippen LogP contribution in [0.5, 0.6) is 5.75 Å². The molecule has 0 saturated heterocycles. The number of phenolic OH excluding ortho intramolecular Hbond substituents is 1. The number of aromatic hydroxyl groups is 1. The number of hydrogen-bond acceptors (Lipinski definition) is 11. The topological polar surface area (TPSA) is 179 Å². The van der Waals surface area contributed by atoms with E-state index in [-0.39, 0.29) is 77.0 Å². The van der Waals surface area contributed by atoms with Crippen molar-refractivity contribution in [3.63, 3.8) is 0 Å². The number of fused-ring (bicyclic) bond motifs is 4. The normalized spacial score (nSPS) is 11.9. The van der Waals surface area contributed by atoms with Gasteiger partial charge in [0.15, 0.2) is 11.2 Å².